The third-order valence-electron chi connectivity index (χ3n) is 7.94. The van der Waals surface area contributed by atoms with Gasteiger partial charge in [-0.25, -0.2) is 0 Å². The van der Waals surface area contributed by atoms with Crippen LogP contribution < -0.4 is 0 Å². The van der Waals surface area contributed by atoms with E-state index in [9.17, 15) is 0 Å². The Hall–Kier alpha value is -4.00. The molecule has 4 nitrogen and oxygen atoms in total. The molecule has 0 aliphatic heterocycles. The normalized spacial score (nSPS) is 11.5. The van der Waals surface area contributed by atoms with Crippen molar-refractivity contribution >= 4 is 97.0 Å². The monoisotopic (exact) mass is 672 g/mol. The molecular weight excluding hydrogens is 648 g/mol. The molecule has 0 N–H and O–H groups in total. The maximum absolute atomic E-state index is 4.63. The third-order valence-corrected chi connectivity index (χ3v) is 8.93. The van der Waals surface area contributed by atoms with Crippen LogP contribution in [0, 0.1) is 0 Å². The van der Waals surface area contributed by atoms with Gasteiger partial charge in [0.2, 0.25) is 0 Å². The third kappa shape index (κ3) is 4.59. The van der Waals surface area contributed by atoms with Gasteiger partial charge in [0.1, 0.15) is 0 Å². The standard InChI is InChI=1S/C20H18N2.C16H8Br2N2/c1-3-13-5-7-15-16-8-6-14(4-2)12-18(16)20-19(17(15)11-13)21-9-10-22-20;17-9-1-3-11-12-4-2-10(18)8-14(12)16-15(13(11)7-9)19-5-6-20-16/h5-12H,3-4H2,1-2H3;1-8H. The molecular formula is C36H26Br2N4. The molecule has 0 bridgehead atoms. The molecule has 0 fully saturated rings. The lowest BCUT2D eigenvalue weighted by Crippen LogP contribution is -1.91. The molecule has 0 aliphatic rings. The molecule has 2 heterocycles. The van der Waals surface area contributed by atoms with Gasteiger partial charge < -0.3 is 0 Å². The Labute approximate surface area is 260 Å². The Balaban J connectivity index is 0.000000138. The molecule has 0 aliphatic carbocycles. The fourth-order valence-corrected chi connectivity index (χ4v) is 6.57. The average molecular weight is 674 g/mol. The van der Waals surface area contributed by atoms with Crippen LogP contribution in [0.1, 0.15) is 25.0 Å². The summed E-state index contributed by atoms with van der Waals surface area (Å²) in [6, 6.07) is 26.0. The highest BCUT2D eigenvalue weighted by Crippen LogP contribution is 2.36. The topological polar surface area (TPSA) is 51.6 Å². The van der Waals surface area contributed by atoms with E-state index >= 15 is 0 Å². The van der Waals surface area contributed by atoms with Gasteiger partial charge in [-0.15, -0.1) is 0 Å². The molecule has 42 heavy (non-hydrogen) atoms. The predicted molar refractivity (Wildman–Crippen MR) is 183 cm³/mol. The number of halogens is 2. The lowest BCUT2D eigenvalue weighted by Gasteiger charge is -2.11. The Morgan fingerprint density at radius 1 is 0.405 bits per heavy atom. The first-order valence-corrected chi connectivity index (χ1v) is 15.6. The zero-order valence-corrected chi connectivity index (χ0v) is 26.4. The maximum atomic E-state index is 4.63. The molecule has 0 unspecified atom stereocenters. The number of hydrogen-bond donors (Lipinski definition) is 0. The summed E-state index contributed by atoms with van der Waals surface area (Å²) < 4.78 is 2.10. The molecule has 2 aromatic heterocycles. The Bertz CT molecular complexity index is 2110. The molecule has 8 aromatic rings. The Kier molecular flexibility index (Phi) is 7.04. The van der Waals surface area contributed by atoms with Crippen LogP contribution in [0.25, 0.3) is 65.2 Å². The van der Waals surface area contributed by atoms with E-state index in [1.165, 1.54) is 43.4 Å². The van der Waals surface area contributed by atoms with Crippen LogP contribution in [0.3, 0.4) is 0 Å². The summed E-state index contributed by atoms with van der Waals surface area (Å²) in [7, 11) is 0. The van der Waals surface area contributed by atoms with Crippen molar-refractivity contribution in [1.29, 1.82) is 0 Å². The first-order chi connectivity index (χ1) is 20.6. The number of fused-ring (bicyclic) bond motifs is 12. The maximum Gasteiger partial charge on any atom is 0.0972 e. The predicted octanol–water partition coefficient (Wildman–Crippen LogP) is 10.5. The fourth-order valence-electron chi connectivity index (χ4n) is 5.84. The summed E-state index contributed by atoms with van der Waals surface area (Å²) in [4.78, 5) is 18.3. The van der Waals surface area contributed by atoms with E-state index in [1.54, 1.807) is 24.8 Å². The lowest BCUT2D eigenvalue weighted by atomic mass is 9.95. The number of benzene rings is 6. The molecule has 0 saturated heterocycles. The second kappa shape index (κ2) is 11.0. The van der Waals surface area contributed by atoms with Crippen molar-refractivity contribution in [1.82, 2.24) is 19.9 Å². The summed E-state index contributed by atoms with van der Waals surface area (Å²) >= 11 is 7.08. The van der Waals surface area contributed by atoms with E-state index in [0.29, 0.717) is 0 Å². The summed E-state index contributed by atoms with van der Waals surface area (Å²) in [6.07, 6.45) is 9.12. The van der Waals surface area contributed by atoms with E-state index in [1.807, 2.05) is 0 Å². The molecule has 0 radical (unpaired) electrons. The molecule has 0 amide bonds. The number of aromatic nitrogens is 4. The lowest BCUT2D eigenvalue weighted by molar-refractivity contribution is 1.14. The van der Waals surface area contributed by atoms with Crippen molar-refractivity contribution in [2.45, 2.75) is 26.7 Å². The van der Waals surface area contributed by atoms with E-state index in [2.05, 4.69) is 138 Å². The molecule has 6 aromatic carbocycles. The Morgan fingerprint density at radius 2 is 0.714 bits per heavy atom. The minimum absolute atomic E-state index is 0.939. The second-order valence-corrected chi connectivity index (χ2v) is 12.2. The first-order valence-electron chi connectivity index (χ1n) is 14.0. The summed E-state index contributed by atoms with van der Waals surface area (Å²) in [5, 5.41) is 9.59. The highest BCUT2D eigenvalue weighted by molar-refractivity contribution is 9.10. The van der Waals surface area contributed by atoms with Gasteiger partial charge in [0.25, 0.3) is 0 Å². The number of aryl methyl sites for hydroxylation is 2. The van der Waals surface area contributed by atoms with Gasteiger partial charge in [-0.2, -0.15) is 0 Å². The SMILES string of the molecule is Brc1ccc2c3ccc(Br)cc3c3nccnc3c2c1.CCc1ccc2c3ccc(CC)cc3c3nccnc3c2c1. The quantitative estimate of drug-likeness (QED) is 0.171. The van der Waals surface area contributed by atoms with Crippen LogP contribution in [0.4, 0.5) is 0 Å². The van der Waals surface area contributed by atoms with Gasteiger partial charge in [-0.3, -0.25) is 19.9 Å². The van der Waals surface area contributed by atoms with Crippen molar-refractivity contribution in [3.05, 3.63) is 118 Å². The number of nitrogens with zero attached hydrogens (tertiary/aromatic N) is 4. The van der Waals surface area contributed by atoms with Crippen molar-refractivity contribution in [3.63, 3.8) is 0 Å². The first kappa shape index (κ1) is 26.9. The molecule has 204 valence electrons. The van der Waals surface area contributed by atoms with Crippen LogP contribution in [0.2, 0.25) is 0 Å². The van der Waals surface area contributed by atoms with Crippen molar-refractivity contribution < 1.29 is 0 Å². The highest BCUT2D eigenvalue weighted by atomic mass is 79.9. The van der Waals surface area contributed by atoms with E-state index in [-0.39, 0.29) is 0 Å². The Morgan fingerprint density at radius 3 is 1.05 bits per heavy atom. The van der Waals surface area contributed by atoms with E-state index in [0.717, 1.165) is 54.6 Å². The van der Waals surface area contributed by atoms with Crippen molar-refractivity contribution in [2.24, 2.45) is 0 Å². The van der Waals surface area contributed by atoms with Crippen LogP contribution in [0.5, 0.6) is 0 Å². The highest BCUT2D eigenvalue weighted by Gasteiger charge is 2.12. The van der Waals surface area contributed by atoms with Crippen LogP contribution >= 0.6 is 31.9 Å². The van der Waals surface area contributed by atoms with Crippen LogP contribution in [-0.2, 0) is 12.8 Å². The summed E-state index contributed by atoms with van der Waals surface area (Å²) in [5.74, 6) is 0. The molecule has 0 spiro atoms. The van der Waals surface area contributed by atoms with Gasteiger partial charge in [-0.05, 0) is 81.9 Å². The van der Waals surface area contributed by atoms with Gasteiger partial charge in [0, 0.05) is 55.3 Å². The number of rotatable bonds is 2. The minimum atomic E-state index is 0.939. The largest absolute Gasteiger partial charge is 0.252 e. The molecule has 8 rings (SSSR count). The summed E-state index contributed by atoms with van der Waals surface area (Å²) in [6.45, 7) is 4.37. The molecule has 0 saturated carbocycles. The minimum Gasteiger partial charge on any atom is -0.252 e. The van der Waals surface area contributed by atoms with E-state index in [4.69, 9.17) is 0 Å². The van der Waals surface area contributed by atoms with Crippen LogP contribution in [-0.4, -0.2) is 19.9 Å². The van der Waals surface area contributed by atoms with Gasteiger partial charge in [-0.1, -0.05) is 82.1 Å². The average Bonchev–Trinajstić information content (AvgIpc) is 3.04. The summed E-state index contributed by atoms with van der Waals surface area (Å²) in [5.41, 5.74) is 6.57. The second-order valence-electron chi connectivity index (χ2n) is 10.4. The smallest absolute Gasteiger partial charge is 0.0972 e. The van der Waals surface area contributed by atoms with Gasteiger partial charge >= 0.3 is 0 Å². The molecule has 0 atom stereocenters. The van der Waals surface area contributed by atoms with Gasteiger partial charge in [0.15, 0.2) is 0 Å². The van der Waals surface area contributed by atoms with Crippen LogP contribution in [0.15, 0.2) is 107 Å². The zero-order chi connectivity index (χ0) is 28.8. The fraction of sp³-hybridized carbons (Fsp3) is 0.111. The molecule has 6 heteroatoms. The van der Waals surface area contributed by atoms with Crippen molar-refractivity contribution in [2.75, 3.05) is 0 Å². The van der Waals surface area contributed by atoms with Crippen molar-refractivity contribution in [3.8, 4) is 0 Å². The zero-order valence-electron chi connectivity index (χ0n) is 23.2. The number of hydrogen-bond acceptors (Lipinski definition) is 4. The van der Waals surface area contributed by atoms with E-state index < -0.39 is 0 Å². The van der Waals surface area contributed by atoms with Gasteiger partial charge in [0.05, 0.1) is 22.1 Å².